The van der Waals surface area contributed by atoms with Gasteiger partial charge in [0.2, 0.25) is 0 Å². The average molecular weight is 285 g/mol. The molecule has 2 rings (SSSR count). The van der Waals surface area contributed by atoms with Crippen LogP contribution >= 0.6 is 0 Å². The summed E-state index contributed by atoms with van der Waals surface area (Å²) in [5, 5.41) is 3.39. The monoisotopic (exact) mass is 285 g/mol. The second kappa shape index (κ2) is 6.75. The van der Waals surface area contributed by atoms with Gasteiger partial charge < -0.3 is 5.32 Å². The molecule has 0 fully saturated rings. The largest absolute Gasteiger partial charge is 0.378 e. The maximum absolute atomic E-state index is 13.6. The van der Waals surface area contributed by atoms with Crippen molar-refractivity contribution in [2.45, 2.75) is 40.2 Å². The number of hydrogen-bond acceptors (Lipinski definition) is 1. The standard InChI is InChI=1S/C19H24FN/c1-13(2)12-16-8-10-17(11-9-16)15(4)21-19-7-5-6-18(20)14(19)3/h5-11,13,15,21H,12H2,1-4H3. The van der Waals surface area contributed by atoms with E-state index in [9.17, 15) is 4.39 Å². The van der Waals surface area contributed by atoms with Crippen molar-refractivity contribution in [1.29, 1.82) is 0 Å². The van der Waals surface area contributed by atoms with E-state index in [1.54, 1.807) is 13.0 Å². The van der Waals surface area contributed by atoms with Crippen LogP contribution in [-0.4, -0.2) is 0 Å². The van der Waals surface area contributed by atoms with E-state index >= 15 is 0 Å². The Hall–Kier alpha value is -1.83. The van der Waals surface area contributed by atoms with Crippen molar-refractivity contribution in [3.8, 4) is 0 Å². The van der Waals surface area contributed by atoms with Gasteiger partial charge in [0.25, 0.3) is 0 Å². The van der Waals surface area contributed by atoms with Crippen LogP contribution in [0.2, 0.25) is 0 Å². The number of rotatable bonds is 5. The SMILES string of the molecule is Cc1c(F)cccc1NC(C)c1ccc(CC(C)C)cc1. The summed E-state index contributed by atoms with van der Waals surface area (Å²) >= 11 is 0. The smallest absolute Gasteiger partial charge is 0.128 e. The molecular formula is C19H24FN. The second-order valence-electron chi connectivity index (χ2n) is 6.12. The molecule has 0 amide bonds. The van der Waals surface area contributed by atoms with Gasteiger partial charge in [-0.2, -0.15) is 0 Å². The van der Waals surface area contributed by atoms with Gasteiger partial charge in [-0.25, -0.2) is 4.39 Å². The third kappa shape index (κ3) is 4.07. The first-order valence-corrected chi connectivity index (χ1v) is 7.58. The van der Waals surface area contributed by atoms with Crippen LogP contribution in [0.4, 0.5) is 10.1 Å². The first kappa shape index (κ1) is 15.6. The normalized spacial score (nSPS) is 12.5. The minimum atomic E-state index is -0.167. The molecule has 0 saturated carbocycles. The van der Waals surface area contributed by atoms with Crippen LogP contribution in [0.15, 0.2) is 42.5 Å². The summed E-state index contributed by atoms with van der Waals surface area (Å²) in [6.07, 6.45) is 1.10. The van der Waals surface area contributed by atoms with Gasteiger partial charge in [0.05, 0.1) is 0 Å². The maximum atomic E-state index is 13.6. The van der Waals surface area contributed by atoms with Crippen LogP contribution in [0.5, 0.6) is 0 Å². The number of anilines is 1. The van der Waals surface area contributed by atoms with E-state index in [0.29, 0.717) is 11.5 Å². The fourth-order valence-electron chi connectivity index (χ4n) is 2.49. The van der Waals surface area contributed by atoms with Gasteiger partial charge in [-0.05, 0) is 49.4 Å². The molecule has 2 heteroatoms. The van der Waals surface area contributed by atoms with Crippen LogP contribution in [0.25, 0.3) is 0 Å². The third-order valence-electron chi connectivity index (χ3n) is 3.76. The van der Waals surface area contributed by atoms with Crippen LogP contribution in [0.3, 0.4) is 0 Å². The molecule has 0 aromatic heterocycles. The number of benzene rings is 2. The fourth-order valence-corrected chi connectivity index (χ4v) is 2.49. The molecule has 1 atom stereocenters. The molecule has 0 radical (unpaired) electrons. The number of halogens is 1. The molecule has 0 aliphatic carbocycles. The molecule has 0 heterocycles. The van der Waals surface area contributed by atoms with Crippen molar-refractivity contribution in [3.05, 3.63) is 65.0 Å². The predicted octanol–water partition coefficient (Wildman–Crippen LogP) is 5.51. The summed E-state index contributed by atoms with van der Waals surface area (Å²) in [6, 6.07) is 14.0. The van der Waals surface area contributed by atoms with Crippen molar-refractivity contribution < 1.29 is 4.39 Å². The quantitative estimate of drug-likeness (QED) is 0.764. The topological polar surface area (TPSA) is 12.0 Å². The first-order chi connectivity index (χ1) is 9.97. The average Bonchev–Trinajstić information content (AvgIpc) is 2.44. The van der Waals surface area contributed by atoms with E-state index in [1.807, 2.05) is 6.07 Å². The summed E-state index contributed by atoms with van der Waals surface area (Å²) in [6.45, 7) is 8.35. The lowest BCUT2D eigenvalue weighted by Crippen LogP contribution is -2.08. The van der Waals surface area contributed by atoms with E-state index in [4.69, 9.17) is 0 Å². The molecule has 0 bridgehead atoms. The van der Waals surface area contributed by atoms with Gasteiger partial charge in [-0.15, -0.1) is 0 Å². The van der Waals surface area contributed by atoms with Crippen LogP contribution in [0, 0.1) is 18.7 Å². The summed E-state index contributed by atoms with van der Waals surface area (Å²) in [5.74, 6) is 0.501. The van der Waals surface area contributed by atoms with Gasteiger partial charge in [0.15, 0.2) is 0 Å². The Bertz CT molecular complexity index is 587. The highest BCUT2D eigenvalue weighted by molar-refractivity contribution is 5.52. The van der Waals surface area contributed by atoms with Gasteiger partial charge in [0.1, 0.15) is 5.82 Å². The highest BCUT2D eigenvalue weighted by atomic mass is 19.1. The minimum absolute atomic E-state index is 0.151. The summed E-state index contributed by atoms with van der Waals surface area (Å²) in [4.78, 5) is 0. The van der Waals surface area contributed by atoms with Gasteiger partial charge in [-0.3, -0.25) is 0 Å². The van der Waals surface area contributed by atoms with Gasteiger partial charge in [-0.1, -0.05) is 44.2 Å². The zero-order chi connectivity index (χ0) is 15.4. The molecule has 0 spiro atoms. The molecule has 1 nitrogen and oxygen atoms in total. The lowest BCUT2D eigenvalue weighted by molar-refractivity contribution is 0.618. The molecule has 112 valence electrons. The fraction of sp³-hybridized carbons (Fsp3) is 0.368. The highest BCUT2D eigenvalue weighted by Gasteiger charge is 2.09. The maximum Gasteiger partial charge on any atom is 0.128 e. The summed E-state index contributed by atoms with van der Waals surface area (Å²) in [7, 11) is 0. The van der Waals surface area contributed by atoms with Crippen molar-refractivity contribution in [3.63, 3.8) is 0 Å². The highest BCUT2D eigenvalue weighted by Crippen LogP contribution is 2.24. The van der Waals surface area contributed by atoms with Crippen LogP contribution < -0.4 is 5.32 Å². The van der Waals surface area contributed by atoms with Crippen LogP contribution in [-0.2, 0) is 6.42 Å². The van der Waals surface area contributed by atoms with Crippen molar-refractivity contribution in [2.75, 3.05) is 5.32 Å². The Morgan fingerprint density at radius 1 is 1.00 bits per heavy atom. The molecule has 1 unspecified atom stereocenters. The second-order valence-corrected chi connectivity index (χ2v) is 6.12. The molecule has 0 saturated heterocycles. The Morgan fingerprint density at radius 2 is 1.67 bits per heavy atom. The van der Waals surface area contributed by atoms with E-state index in [1.165, 1.54) is 17.2 Å². The molecule has 21 heavy (non-hydrogen) atoms. The zero-order valence-corrected chi connectivity index (χ0v) is 13.3. The minimum Gasteiger partial charge on any atom is -0.378 e. The predicted molar refractivity (Wildman–Crippen MR) is 88.2 cm³/mol. The van der Waals surface area contributed by atoms with E-state index in [0.717, 1.165) is 12.1 Å². The van der Waals surface area contributed by atoms with Gasteiger partial charge in [0, 0.05) is 17.3 Å². The zero-order valence-electron chi connectivity index (χ0n) is 13.3. The van der Waals surface area contributed by atoms with Crippen LogP contribution in [0.1, 0.15) is 43.5 Å². The molecule has 0 aliphatic heterocycles. The van der Waals surface area contributed by atoms with E-state index < -0.39 is 0 Å². The Morgan fingerprint density at radius 3 is 2.29 bits per heavy atom. The van der Waals surface area contributed by atoms with E-state index in [-0.39, 0.29) is 11.9 Å². The van der Waals surface area contributed by atoms with Crippen molar-refractivity contribution in [2.24, 2.45) is 5.92 Å². The molecule has 1 N–H and O–H groups in total. The lowest BCUT2D eigenvalue weighted by atomic mass is 9.99. The summed E-state index contributed by atoms with van der Waals surface area (Å²) < 4.78 is 13.6. The van der Waals surface area contributed by atoms with Gasteiger partial charge >= 0.3 is 0 Å². The number of hydrogen-bond donors (Lipinski definition) is 1. The molecule has 2 aromatic carbocycles. The molecule has 2 aromatic rings. The Kier molecular flexibility index (Phi) is 5.00. The van der Waals surface area contributed by atoms with Crippen molar-refractivity contribution >= 4 is 5.69 Å². The molecule has 0 aliphatic rings. The summed E-state index contributed by atoms with van der Waals surface area (Å²) in [5.41, 5.74) is 4.10. The Labute approximate surface area is 127 Å². The molecular weight excluding hydrogens is 261 g/mol. The lowest BCUT2D eigenvalue weighted by Gasteiger charge is -2.18. The first-order valence-electron chi connectivity index (χ1n) is 7.58. The van der Waals surface area contributed by atoms with E-state index in [2.05, 4.69) is 50.4 Å². The third-order valence-corrected chi connectivity index (χ3v) is 3.76. The van der Waals surface area contributed by atoms with Crippen molar-refractivity contribution in [1.82, 2.24) is 0 Å². The Balaban J connectivity index is 2.09. The number of nitrogens with one attached hydrogen (secondary N) is 1.